The molecule has 0 aliphatic carbocycles. The maximum Gasteiger partial charge on any atom is 0.219 e. The summed E-state index contributed by atoms with van der Waals surface area (Å²) in [7, 11) is 0. The molecule has 0 spiro atoms. The molecule has 2 aromatic rings. The number of carbonyl (C=O) groups excluding carboxylic acids is 1. The van der Waals surface area contributed by atoms with Crippen molar-refractivity contribution >= 4 is 17.5 Å². The number of anilines is 2. The number of benzene rings is 1. The van der Waals surface area contributed by atoms with Crippen molar-refractivity contribution in [1.29, 1.82) is 0 Å². The average molecular weight is 339 g/mol. The Labute approximate surface area is 148 Å². The molecule has 1 N–H and O–H groups in total. The first-order valence-electron chi connectivity index (χ1n) is 8.86. The van der Waals surface area contributed by atoms with Crippen LogP contribution in [0.4, 0.5) is 11.6 Å². The zero-order chi connectivity index (χ0) is 17.6. The summed E-state index contributed by atoms with van der Waals surface area (Å²) in [6.07, 6.45) is 1.04. The van der Waals surface area contributed by atoms with Crippen molar-refractivity contribution in [3.05, 3.63) is 36.4 Å². The van der Waals surface area contributed by atoms with Crippen LogP contribution in [-0.4, -0.2) is 53.5 Å². The van der Waals surface area contributed by atoms with Crippen molar-refractivity contribution in [2.75, 3.05) is 42.9 Å². The van der Waals surface area contributed by atoms with E-state index in [0.717, 1.165) is 62.2 Å². The number of amides is 1. The Hall–Kier alpha value is -2.63. The first-order valence-corrected chi connectivity index (χ1v) is 8.86. The molecule has 6 heteroatoms. The van der Waals surface area contributed by atoms with Gasteiger partial charge in [-0.2, -0.15) is 0 Å². The summed E-state index contributed by atoms with van der Waals surface area (Å²) in [4.78, 5) is 25.1. The molecule has 0 radical (unpaired) electrons. The number of nitrogens with zero attached hydrogens (tertiary/aromatic N) is 4. The zero-order valence-electron chi connectivity index (χ0n) is 14.9. The van der Waals surface area contributed by atoms with Gasteiger partial charge in [-0.3, -0.25) is 4.79 Å². The van der Waals surface area contributed by atoms with E-state index in [1.54, 1.807) is 6.92 Å². The molecule has 0 atom stereocenters. The third-order valence-electron chi connectivity index (χ3n) is 4.35. The molecule has 6 nitrogen and oxygen atoms in total. The Balaban J connectivity index is 1.86. The van der Waals surface area contributed by atoms with Crippen LogP contribution in [0.2, 0.25) is 0 Å². The number of piperazine rings is 1. The topological polar surface area (TPSA) is 61.4 Å². The molecule has 1 aromatic carbocycles. The summed E-state index contributed by atoms with van der Waals surface area (Å²) in [5.74, 6) is 2.62. The van der Waals surface area contributed by atoms with Gasteiger partial charge in [0, 0.05) is 51.3 Å². The van der Waals surface area contributed by atoms with Crippen LogP contribution in [0.5, 0.6) is 0 Å². The fraction of sp³-hybridized carbons (Fsp3) is 0.421. The number of hydrogen-bond acceptors (Lipinski definition) is 5. The van der Waals surface area contributed by atoms with Crippen molar-refractivity contribution in [2.45, 2.75) is 20.3 Å². The lowest BCUT2D eigenvalue weighted by Gasteiger charge is -2.35. The SMILES string of the molecule is CCCNc1cc(N2CCN(C(C)=O)CC2)nc(-c2ccccc2)n1. The van der Waals surface area contributed by atoms with E-state index in [4.69, 9.17) is 4.98 Å². The molecule has 1 aliphatic rings. The number of nitrogens with one attached hydrogen (secondary N) is 1. The summed E-state index contributed by atoms with van der Waals surface area (Å²) < 4.78 is 0. The molecular formula is C19H25N5O. The van der Waals surface area contributed by atoms with Crippen LogP contribution < -0.4 is 10.2 Å². The Morgan fingerprint density at radius 3 is 2.48 bits per heavy atom. The monoisotopic (exact) mass is 339 g/mol. The number of aromatic nitrogens is 2. The molecule has 1 fully saturated rings. The highest BCUT2D eigenvalue weighted by Gasteiger charge is 2.20. The Bertz CT molecular complexity index is 711. The van der Waals surface area contributed by atoms with Crippen molar-refractivity contribution in [1.82, 2.24) is 14.9 Å². The molecule has 3 rings (SSSR count). The second kappa shape index (κ2) is 7.96. The zero-order valence-corrected chi connectivity index (χ0v) is 14.9. The molecule has 25 heavy (non-hydrogen) atoms. The molecule has 0 unspecified atom stereocenters. The summed E-state index contributed by atoms with van der Waals surface area (Å²) in [5.41, 5.74) is 1.01. The van der Waals surface area contributed by atoms with Crippen LogP contribution >= 0.6 is 0 Å². The van der Waals surface area contributed by atoms with Gasteiger partial charge in [-0.25, -0.2) is 9.97 Å². The smallest absolute Gasteiger partial charge is 0.219 e. The minimum atomic E-state index is 0.137. The van der Waals surface area contributed by atoms with E-state index in [1.165, 1.54) is 0 Å². The van der Waals surface area contributed by atoms with E-state index in [-0.39, 0.29) is 5.91 Å². The van der Waals surface area contributed by atoms with Crippen LogP contribution in [0.15, 0.2) is 36.4 Å². The Morgan fingerprint density at radius 1 is 1.12 bits per heavy atom. The van der Waals surface area contributed by atoms with E-state index in [1.807, 2.05) is 41.3 Å². The second-order valence-corrected chi connectivity index (χ2v) is 6.22. The van der Waals surface area contributed by atoms with Gasteiger partial charge in [0.25, 0.3) is 0 Å². The third-order valence-corrected chi connectivity index (χ3v) is 4.35. The minimum Gasteiger partial charge on any atom is -0.370 e. The molecule has 0 bridgehead atoms. The second-order valence-electron chi connectivity index (χ2n) is 6.22. The number of carbonyl (C=O) groups is 1. The lowest BCUT2D eigenvalue weighted by molar-refractivity contribution is -0.129. The van der Waals surface area contributed by atoms with Gasteiger partial charge in [0.1, 0.15) is 11.6 Å². The highest BCUT2D eigenvalue weighted by Crippen LogP contribution is 2.23. The van der Waals surface area contributed by atoms with Gasteiger partial charge in [0.05, 0.1) is 0 Å². The molecule has 1 amide bonds. The van der Waals surface area contributed by atoms with Crippen LogP contribution in [-0.2, 0) is 4.79 Å². The first-order chi connectivity index (χ1) is 12.2. The third kappa shape index (κ3) is 4.26. The van der Waals surface area contributed by atoms with E-state index >= 15 is 0 Å². The van der Waals surface area contributed by atoms with Crippen molar-refractivity contribution in [2.24, 2.45) is 0 Å². The first kappa shape index (κ1) is 17.2. The van der Waals surface area contributed by atoms with Crippen LogP contribution in [0.3, 0.4) is 0 Å². The summed E-state index contributed by atoms with van der Waals surface area (Å²) in [5, 5.41) is 3.37. The van der Waals surface area contributed by atoms with Gasteiger partial charge in [-0.05, 0) is 6.42 Å². The fourth-order valence-corrected chi connectivity index (χ4v) is 2.91. The van der Waals surface area contributed by atoms with Crippen LogP contribution in [0.1, 0.15) is 20.3 Å². The summed E-state index contributed by atoms with van der Waals surface area (Å²) in [6.45, 7) is 7.68. The minimum absolute atomic E-state index is 0.137. The number of rotatable bonds is 5. The van der Waals surface area contributed by atoms with Gasteiger partial charge in [-0.15, -0.1) is 0 Å². The van der Waals surface area contributed by atoms with Gasteiger partial charge in [0.2, 0.25) is 5.91 Å². The molecule has 132 valence electrons. The van der Waals surface area contributed by atoms with Crippen LogP contribution in [0, 0.1) is 0 Å². The predicted molar refractivity (Wildman–Crippen MR) is 101 cm³/mol. The van der Waals surface area contributed by atoms with Crippen molar-refractivity contribution in [3.8, 4) is 11.4 Å². The summed E-state index contributed by atoms with van der Waals surface area (Å²) >= 11 is 0. The lowest BCUT2D eigenvalue weighted by atomic mass is 10.2. The van der Waals surface area contributed by atoms with Crippen molar-refractivity contribution < 1.29 is 4.79 Å². The normalized spacial score (nSPS) is 14.5. The Morgan fingerprint density at radius 2 is 1.84 bits per heavy atom. The lowest BCUT2D eigenvalue weighted by Crippen LogP contribution is -2.48. The van der Waals surface area contributed by atoms with Crippen molar-refractivity contribution in [3.63, 3.8) is 0 Å². The molecule has 1 aromatic heterocycles. The van der Waals surface area contributed by atoms with Gasteiger partial charge >= 0.3 is 0 Å². The van der Waals surface area contributed by atoms with Gasteiger partial charge in [-0.1, -0.05) is 37.3 Å². The molecule has 0 saturated carbocycles. The highest BCUT2D eigenvalue weighted by atomic mass is 16.2. The van der Waals surface area contributed by atoms with Gasteiger partial charge < -0.3 is 15.1 Å². The molecule has 1 saturated heterocycles. The summed E-state index contributed by atoms with van der Waals surface area (Å²) in [6, 6.07) is 12.0. The quantitative estimate of drug-likeness (QED) is 0.907. The number of hydrogen-bond donors (Lipinski definition) is 1. The van der Waals surface area contributed by atoms with E-state index < -0.39 is 0 Å². The molecule has 1 aliphatic heterocycles. The van der Waals surface area contributed by atoms with Gasteiger partial charge in [0.15, 0.2) is 5.82 Å². The van der Waals surface area contributed by atoms with Crippen LogP contribution in [0.25, 0.3) is 11.4 Å². The maximum atomic E-state index is 11.5. The largest absolute Gasteiger partial charge is 0.370 e. The Kier molecular flexibility index (Phi) is 5.48. The standard InChI is InChI=1S/C19H25N5O/c1-3-9-20-17-14-18(24-12-10-23(11-13-24)15(2)25)22-19(21-17)16-7-5-4-6-8-16/h4-8,14H,3,9-13H2,1-2H3,(H,20,21,22). The molecular weight excluding hydrogens is 314 g/mol. The average Bonchev–Trinajstić information content (AvgIpc) is 2.67. The maximum absolute atomic E-state index is 11.5. The molecule has 2 heterocycles. The van der Waals surface area contributed by atoms with E-state index in [9.17, 15) is 4.79 Å². The highest BCUT2D eigenvalue weighted by molar-refractivity contribution is 5.73. The van der Waals surface area contributed by atoms with E-state index in [0.29, 0.717) is 0 Å². The predicted octanol–water partition coefficient (Wildman–Crippen LogP) is 2.63. The van der Waals surface area contributed by atoms with E-state index in [2.05, 4.69) is 22.1 Å². The fourth-order valence-electron chi connectivity index (χ4n) is 2.91.